The Balaban J connectivity index is 2.52. The smallest absolute Gasteiger partial charge is 0.179 e. The number of ketones is 1. The number of rotatable bonds is 7. The maximum atomic E-state index is 12.3. The number of Topliss-reactive ketones (excluding diaryl/α,β-unsaturated/α-hetero) is 1. The van der Waals surface area contributed by atoms with Gasteiger partial charge < -0.3 is 10.2 Å². The Morgan fingerprint density at radius 3 is 2.58 bits per heavy atom. The average Bonchev–Trinajstić information content (AvgIpc) is 2.33. The maximum absolute atomic E-state index is 12.3. The van der Waals surface area contributed by atoms with Gasteiger partial charge in [0, 0.05) is 5.56 Å². The fourth-order valence-corrected chi connectivity index (χ4v) is 2.13. The monoisotopic (exact) mass is 262 g/mol. The van der Waals surface area contributed by atoms with E-state index in [0.29, 0.717) is 0 Å². The van der Waals surface area contributed by atoms with E-state index in [1.165, 1.54) is 5.56 Å². The van der Waals surface area contributed by atoms with Crippen LogP contribution in [0.1, 0.15) is 34.8 Å². The molecule has 0 aliphatic rings. The Morgan fingerprint density at radius 2 is 2.00 bits per heavy atom. The van der Waals surface area contributed by atoms with E-state index < -0.39 is 0 Å². The number of aryl methyl sites for hydroxylation is 2. The predicted molar refractivity (Wildman–Crippen MR) is 80.9 cm³/mol. The van der Waals surface area contributed by atoms with Crippen molar-refractivity contribution in [2.45, 2.75) is 33.2 Å². The van der Waals surface area contributed by atoms with Gasteiger partial charge in [0.1, 0.15) is 0 Å². The van der Waals surface area contributed by atoms with Crippen LogP contribution in [0.3, 0.4) is 0 Å². The SMILES string of the molecule is Cc1ccc(C(=O)C(C)NCCCN(C)C)c(C)c1. The highest BCUT2D eigenvalue weighted by Crippen LogP contribution is 2.12. The molecule has 1 aromatic carbocycles. The Hall–Kier alpha value is -1.19. The highest BCUT2D eigenvalue weighted by Gasteiger charge is 2.16. The Morgan fingerprint density at radius 1 is 1.32 bits per heavy atom. The van der Waals surface area contributed by atoms with Crippen LogP contribution in [0.4, 0.5) is 0 Å². The number of benzene rings is 1. The lowest BCUT2D eigenvalue weighted by Gasteiger charge is -2.15. The molecule has 3 heteroatoms. The van der Waals surface area contributed by atoms with Gasteiger partial charge in [0.2, 0.25) is 0 Å². The van der Waals surface area contributed by atoms with Crippen molar-refractivity contribution in [1.82, 2.24) is 10.2 Å². The quantitative estimate of drug-likeness (QED) is 0.605. The largest absolute Gasteiger partial charge is 0.309 e. The zero-order chi connectivity index (χ0) is 14.4. The van der Waals surface area contributed by atoms with Crippen molar-refractivity contribution in [1.29, 1.82) is 0 Å². The summed E-state index contributed by atoms with van der Waals surface area (Å²) in [5, 5.41) is 3.30. The maximum Gasteiger partial charge on any atom is 0.179 e. The second-order valence-electron chi connectivity index (χ2n) is 5.52. The number of nitrogens with zero attached hydrogens (tertiary/aromatic N) is 1. The van der Waals surface area contributed by atoms with Crippen molar-refractivity contribution < 1.29 is 4.79 Å². The molecule has 0 bridgehead atoms. The summed E-state index contributed by atoms with van der Waals surface area (Å²) < 4.78 is 0. The number of hydrogen-bond donors (Lipinski definition) is 1. The summed E-state index contributed by atoms with van der Waals surface area (Å²) in [4.78, 5) is 14.5. The minimum atomic E-state index is -0.122. The third-order valence-electron chi connectivity index (χ3n) is 3.27. The molecule has 0 aliphatic carbocycles. The van der Waals surface area contributed by atoms with E-state index in [-0.39, 0.29) is 11.8 Å². The van der Waals surface area contributed by atoms with Gasteiger partial charge >= 0.3 is 0 Å². The summed E-state index contributed by atoms with van der Waals surface area (Å²) in [6.45, 7) is 7.90. The number of nitrogens with one attached hydrogen (secondary N) is 1. The van der Waals surface area contributed by atoms with Crippen molar-refractivity contribution in [2.24, 2.45) is 0 Å². The average molecular weight is 262 g/mol. The van der Waals surface area contributed by atoms with Crippen molar-refractivity contribution in [3.05, 3.63) is 34.9 Å². The summed E-state index contributed by atoms with van der Waals surface area (Å²) >= 11 is 0. The normalized spacial score (nSPS) is 12.7. The molecule has 0 aromatic heterocycles. The fourth-order valence-electron chi connectivity index (χ4n) is 2.13. The first-order chi connectivity index (χ1) is 8.91. The minimum absolute atomic E-state index is 0.122. The molecule has 1 rings (SSSR count). The Kier molecular flexibility index (Phi) is 6.19. The molecule has 1 unspecified atom stereocenters. The second-order valence-corrected chi connectivity index (χ2v) is 5.52. The minimum Gasteiger partial charge on any atom is -0.309 e. The van der Waals surface area contributed by atoms with Crippen LogP contribution in [0.15, 0.2) is 18.2 Å². The summed E-state index contributed by atoms with van der Waals surface area (Å²) in [6, 6.07) is 5.87. The molecule has 1 atom stereocenters. The summed E-state index contributed by atoms with van der Waals surface area (Å²) in [5.41, 5.74) is 3.09. The summed E-state index contributed by atoms with van der Waals surface area (Å²) in [6.07, 6.45) is 1.05. The lowest BCUT2D eigenvalue weighted by atomic mass is 9.98. The van der Waals surface area contributed by atoms with Crippen LogP contribution in [0, 0.1) is 13.8 Å². The molecular formula is C16H26N2O. The van der Waals surface area contributed by atoms with Crippen molar-refractivity contribution in [3.8, 4) is 0 Å². The lowest BCUT2D eigenvalue weighted by molar-refractivity contribution is 0.0950. The van der Waals surface area contributed by atoms with E-state index in [4.69, 9.17) is 0 Å². The predicted octanol–water partition coefficient (Wildman–Crippen LogP) is 2.42. The summed E-state index contributed by atoms with van der Waals surface area (Å²) in [5.74, 6) is 0.183. The van der Waals surface area contributed by atoms with Crippen LogP contribution in [-0.2, 0) is 0 Å². The highest BCUT2D eigenvalue weighted by atomic mass is 16.1. The molecule has 0 saturated heterocycles. The Labute approximate surface area is 117 Å². The molecule has 0 heterocycles. The van der Waals surface area contributed by atoms with Gasteiger partial charge in [-0.15, -0.1) is 0 Å². The van der Waals surface area contributed by atoms with Gasteiger partial charge in [-0.2, -0.15) is 0 Å². The molecule has 3 nitrogen and oxygen atoms in total. The van der Waals surface area contributed by atoms with Crippen LogP contribution in [0.2, 0.25) is 0 Å². The van der Waals surface area contributed by atoms with Gasteiger partial charge in [0.05, 0.1) is 6.04 Å². The molecule has 0 radical (unpaired) electrons. The molecule has 0 saturated carbocycles. The van der Waals surface area contributed by atoms with Crippen molar-refractivity contribution in [3.63, 3.8) is 0 Å². The van der Waals surface area contributed by atoms with Crippen molar-refractivity contribution in [2.75, 3.05) is 27.2 Å². The van der Waals surface area contributed by atoms with E-state index in [2.05, 4.69) is 30.4 Å². The van der Waals surface area contributed by atoms with E-state index >= 15 is 0 Å². The van der Waals surface area contributed by atoms with E-state index in [0.717, 1.165) is 30.6 Å². The zero-order valence-electron chi connectivity index (χ0n) is 12.8. The van der Waals surface area contributed by atoms with Gasteiger partial charge in [0.15, 0.2) is 5.78 Å². The van der Waals surface area contributed by atoms with Gasteiger partial charge in [-0.05, 0) is 59.9 Å². The first-order valence-electron chi connectivity index (χ1n) is 6.91. The zero-order valence-corrected chi connectivity index (χ0v) is 12.8. The highest BCUT2D eigenvalue weighted by molar-refractivity contribution is 6.01. The Bertz CT molecular complexity index is 427. The molecule has 19 heavy (non-hydrogen) atoms. The summed E-state index contributed by atoms with van der Waals surface area (Å²) in [7, 11) is 4.12. The lowest BCUT2D eigenvalue weighted by Crippen LogP contribution is -2.35. The van der Waals surface area contributed by atoms with Crippen LogP contribution in [0.5, 0.6) is 0 Å². The molecular weight excluding hydrogens is 236 g/mol. The van der Waals surface area contributed by atoms with Crippen LogP contribution in [0.25, 0.3) is 0 Å². The van der Waals surface area contributed by atoms with Crippen LogP contribution < -0.4 is 5.32 Å². The first kappa shape index (κ1) is 15.9. The second kappa shape index (κ2) is 7.41. The molecule has 1 aromatic rings. The standard InChI is InChI=1S/C16H26N2O/c1-12-7-8-15(13(2)11-12)16(19)14(3)17-9-6-10-18(4)5/h7-8,11,14,17H,6,9-10H2,1-5H3. The molecule has 0 spiro atoms. The molecule has 0 aliphatic heterocycles. The van der Waals surface area contributed by atoms with E-state index in [1.54, 1.807) is 0 Å². The van der Waals surface area contributed by atoms with Crippen molar-refractivity contribution >= 4 is 5.78 Å². The fraction of sp³-hybridized carbons (Fsp3) is 0.562. The van der Waals surface area contributed by atoms with Gasteiger partial charge in [0.25, 0.3) is 0 Å². The number of carbonyl (C=O) groups is 1. The molecule has 0 amide bonds. The van der Waals surface area contributed by atoms with Gasteiger partial charge in [-0.3, -0.25) is 4.79 Å². The van der Waals surface area contributed by atoms with Gasteiger partial charge in [-0.1, -0.05) is 23.8 Å². The van der Waals surface area contributed by atoms with E-state index in [9.17, 15) is 4.79 Å². The third-order valence-corrected chi connectivity index (χ3v) is 3.27. The number of carbonyl (C=O) groups excluding carboxylic acids is 1. The topological polar surface area (TPSA) is 32.3 Å². The van der Waals surface area contributed by atoms with Gasteiger partial charge in [-0.25, -0.2) is 0 Å². The van der Waals surface area contributed by atoms with Crippen LogP contribution in [-0.4, -0.2) is 43.9 Å². The molecule has 1 N–H and O–H groups in total. The van der Waals surface area contributed by atoms with Crippen LogP contribution >= 0.6 is 0 Å². The van der Waals surface area contributed by atoms with E-state index in [1.807, 2.05) is 32.9 Å². The first-order valence-corrected chi connectivity index (χ1v) is 6.91. The molecule has 0 fully saturated rings. The third kappa shape index (κ3) is 5.13. The molecule has 106 valence electrons. The number of hydrogen-bond acceptors (Lipinski definition) is 3.